The van der Waals surface area contributed by atoms with Gasteiger partial charge in [0.25, 0.3) is 0 Å². The van der Waals surface area contributed by atoms with E-state index in [0.717, 1.165) is 55.2 Å². The fraction of sp³-hybridized carbons (Fsp3) is 0.0889. The molecule has 0 spiro atoms. The summed E-state index contributed by atoms with van der Waals surface area (Å²) in [4.78, 5) is 15.3. The van der Waals surface area contributed by atoms with Gasteiger partial charge in [-0.15, -0.1) is 0 Å². The topological polar surface area (TPSA) is 59.9 Å². The maximum absolute atomic E-state index is 6.64. The van der Waals surface area contributed by atoms with Crippen LogP contribution in [0.2, 0.25) is 0 Å². The Morgan fingerprint density at radius 2 is 1.10 bits per heavy atom. The number of nitrogens with zero attached hydrogens (tertiary/aromatic N) is 3. The maximum Gasteiger partial charge on any atom is 0.196 e. The van der Waals surface area contributed by atoms with E-state index in [1.165, 1.54) is 22.3 Å². The molecule has 1 unspecified atom stereocenters. The predicted octanol–water partition coefficient (Wildman–Crippen LogP) is 11.0. The Labute approximate surface area is 290 Å². The predicted molar refractivity (Wildman–Crippen MR) is 202 cm³/mol. The van der Waals surface area contributed by atoms with Gasteiger partial charge in [-0.05, 0) is 51.2 Å². The lowest BCUT2D eigenvalue weighted by Gasteiger charge is -2.21. The average molecular weight is 645 g/mol. The van der Waals surface area contributed by atoms with Crippen molar-refractivity contribution in [1.29, 1.82) is 0 Å². The fourth-order valence-electron chi connectivity index (χ4n) is 7.81. The van der Waals surface area contributed by atoms with Crippen LogP contribution in [0.1, 0.15) is 36.8 Å². The number of fused-ring (bicyclic) bond motifs is 9. The summed E-state index contributed by atoms with van der Waals surface area (Å²) < 4.78 is 6.64. The number of hydrogen-bond donors (Lipinski definition) is 1. The molecule has 8 aromatic rings. The zero-order chi connectivity index (χ0) is 33.4. The van der Waals surface area contributed by atoms with Gasteiger partial charge in [0.05, 0.1) is 5.69 Å². The number of rotatable bonds is 4. The van der Waals surface area contributed by atoms with Crippen molar-refractivity contribution in [2.75, 3.05) is 5.32 Å². The first-order chi connectivity index (χ1) is 24.5. The van der Waals surface area contributed by atoms with Crippen molar-refractivity contribution in [1.82, 2.24) is 15.0 Å². The minimum atomic E-state index is -0.260. The Kier molecular flexibility index (Phi) is 6.21. The normalized spacial score (nSPS) is 15.3. The largest absolute Gasteiger partial charge is 0.464 e. The Morgan fingerprint density at radius 1 is 0.500 bits per heavy atom. The summed E-state index contributed by atoms with van der Waals surface area (Å²) in [6, 6.07) is 50.8. The van der Waals surface area contributed by atoms with E-state index in [2.05, 4.69) is 128 Å². The second-order valence-corrected chi connectivity index (χ2v) is 13.7. The first-order valence-corrected chi connectivity index (χ1v) is 17.1. The first kappa shape index (κ1) is 28.7. The third-order valence-electron chi connectivity index (χ3n) is 10.4. The van der Waals surface area contributed by atoms with Crippen LogP contribution in [0.4, 0.5) is 5.69 Å². The van der Waals surface area contributed by atoms with Gasteiger partial charge in [0.1, 0.15) is 0 Å². The van der Waals surface area contributed by atoms with Gasteiger partial charge in [0, 0.05) is 38.4 Å². The van der Waals surface area contributed by atoms with Crippen LogP contribution in [0.5, 0.6) is 5.75 Å². The third kappa shape index (κ3) is 4.36. The van der Waals surface area contributed by atoms with Crippen LogP contribution in [0.3, 0.4) is 0 Å². The van der Waals surface area contributed by atoms with E-state index in [1.807, 2.05) is 36.4 Å². The number of nitrogens with one attached hydrogen (secondary N) is 1. The van der Waals surface area contributed by atoms with Crippen molar-refractivity contribution < 1.29 is 4.74 Å². The summed E-state index contributed by atoms with van der Waals surface area (Å²) in [5.74, 6) is 2.79. The summed E-state index contributed by atoms with van der Waals surface area (Å²) in [6.45, 7) is 4.60. The second kappa shape index (κ2) is 10.8. The van der Waals surface area contributed by atoms with Crippen LogP contribution < -0.4 is 10.1 Å². The van der Waals surface area contributed by atoms with E-state index in [4.69, 9.17) is 19.7 Å². The van der Waals surface area contributed by atoms with E-state index < -0.39 is 0 Å². The van der Waals surface area contributed by atoms with Crippen molar-refractivity contribution in [3.63, 3.8) is 0 Å². The monoisotopic (exact) mass is 644 g/mol. The molecule has 1 aliphatic carbocycles. The molecule has 1 aliphatic heterocycles. The minimum absolute atomic E-state index is 0.129. The highest BCUT2D eigenvalue weighted by molar-refractivity contribution is 6.18. The molecule has 0 fully saturated rings. The number of anilines is 1. The molecule has 0 radical (unpaired) electrons. The molecule has 0 bridgehead atoms. The summed E-state index contributed by atoms with van der Waals surface area (Å²) >= 11 is 0. The van der Waals surface area contributed by atoms with Gasteiger partial charge in [0.15, 0.2) is 29.5 Å². The zero-order valence-electron chi connectivity index (χ0n) is 27.7. The van der Waals surface area contributed by atoms with E-state index in [9.17, 15) is 0 Å². The van der Waals surface area contributed by atoms with Crippen molar-refractivity contribution in [2.24, 2.45) is 0 Å². The molecular formula is C45H32N4O. The second-order valence-electron chi connectivity index (χ2n) is 13.7. The smallest absolute Gasteiger partial charge is 0.196 e. The van der Waals surface area contributed by atoms with Gasteiger partial charge in [-0.2, -0.15) is 0 Å². The lowest BCUT2D eigenvalue weighted by atomic mass is 9.82. The van der Waals surface area contributed by atoms with E-state index in [1.54, 1.807) is 0 Å². The molecule has 5 nitrogen and oxygen atoms in total. The third-order valence-corrected chi connectivity index (χ3v) is 10.4. The number of benzene rings is 7. The SMILES string of the molecule is CC1(C)c2ccccc2-c2ccc(-c3nc(-c4ccccc4)nc(-c4ccc5c6c(c7ccccc7c5c4)NC(c4ccccc4)O6)n3)cc21. The molecular weight excluding hydrogens is 613 g/mol. The maximum atomic E-state index is 6.64. The van der Waals surface area contributed by atoms with Crippen molar-refractivity contribution >= 4 is 27.2 Å². The summed E-state index contributed by atoms with van der Waals surface area (Å²) in [6.07, 6.45) is -0.260. The van der Waals surface area contributed by atoms with Crippen molar-refractivity contribution in [3.05, 3.63) is 162 Å². The van der Waals surface area contributed by atoms with Gasteiger partial charge >= 0.3 is 0 Å². The van der Waals surface area contributed by atoms with Crippen LogP contribution in [-0.2, 0) is 5.41 Å². The van der Waals surface area contributed by atoms with E-state index >= 15 is 0 Å². The Bertz CT molecular complexity index is 2630. The summed E-state index contributed by atoms with van der Waals surface area (Å²) in [5, 5.41) is 8.06. The molecule has 0 amide bonds. The highest BCUT2D eigenvalue weighted by atomic mass is 16.5. The standard InChI is InChI=1S/C45H32N4O/c1-45(2)37-20-12-11-18-32(37)33-23-21-30(26-38(33)45)43-48-41(27-13-5-3-6-14-27)47-42(49-43)29-22-24-35-36(25-29)31-17-9-10-19-34(31)39-40(35)50-44(46-39)28-15-7-4-8-16-28/h3-26,44,46H,1-2H3. The summed E-state index contributed by atoms with van der Waals surface area (Å²) in [7, 11) is 0. The molecule has 5 heteroatoms. The van der Waals surface area contributed by atoms with Crippen LogP contribution in [-0.4, -0.2) is 15.0 Å². The lowest BCUT2D eigenvalue weighted by molar-refractivity contribution is 0.262. The highest BCUT2D eigenvalue weighted by Gasteiger charge is 2.35. The molecule has 1 atom stereocenters. The number of ether oxygens (including phenoxy) is 1. The molecule has 0 saturated carbocycles. The molecule has 2 heterocycles. The molecule has 50 heavy (non-hydrogen) atoms. The molecule has 0 saturated heterocycles. The Hall–Kier alpha value is -6.33. The van der Waals surface area contributed by atoms with Crippen molar-refractivity contribution in [2.45, 2.75) is 25.5 Å². The zero-order valence-corrected chi connectivity index (χ0v) is 27.7. The van der Waals surface area contributed by atoms with Crippen LogP contribution in [0.15, 0.2) is 146 Å². The van der Waals surface area contributed by atoms with E-state index in [0.29, 0.717) is 17.5 Å². The quantitative estimate of drug-likeness (QED) is 0.193. The van der Waals surface area contributed by atoms with Crippen LogP contribution in [0, 0.1) is 0 Å². The Morgan fingerprint density at radius 3 is 1.88 bits per heavy atom. The molecule has 238 valence electrons. The van der Waals surface area contributed by atoms with Crippen molar-refractivity contribution in [3.8, 4) is 51.0 Å². The first-order valence-electron chi connectivity index (χ1n) is 17.1. The number of aromatic nitrogens is 3. The van der Waals surface area contributed by atoms with Gasteiger partial charge in [-0.1, -0.05) is 141 Å². The van der Waals surface area contributed by atoms with Crippen LogP contribution >= 0.6 is 0 Å². The van der Waals surface area contributed by atoms with Crippen LogP contribution in [0.25, 0.3) is 66.8 Å². The molecule has 2 aliphatic rings. The minimum Gasteiger partial charge on any atom is -0.464 e. The van der Waals surface area contributed by atoms with Gasteiger partial charge < -0.3 is 10.1 Å². The molecule has 1 N–H and O–H groups in total. The Balaban J connectivity index is 1.14. The fourth-order valence-corrected chi connectivity index (χ4v) is 7.81. The molecule has 1 aromatic heterocycles. The average Bonchev–Trinajstić information content (AvgIpc) is 3.73. The van der Waals surface area contributed by atoms with Gasteiger partial charge in [0.2, 0.25) is 0 Å². The number of hydrogen-bond acceptors (Lipinski definition) is 5. The molecule has 10 rings (SSSR count). The van der Waals surface area contributed by atoms with Gasteiger partial charge in [-0.3, -0.25) is 0 Å². The molecule has 7 aromatic carbocycles. The highest BCUT2D eigenvalue weighted by Crippen LogP contribution is 2.50. The summed E-state index contributed by atoms with van der Waals surface area (Å²) in [5.41, 5.74) is 10.0. The lowest BCUT2D eigenvalue weighted by Crippen LogP contribution is -2.15. The van der Waals surface area contributed by atoms with E-state index in [-0.39, 0.29) is 11.6 Å². The van der Waals surface area contributed by atoms with Gasteiger partial charge in [-0.25, -0.2) is 15.0 Å².